The molecule has 8 heteroatoms. The second-order valence-corrected chi connectivity index (χ2v) is 7.64. The monoisotopic (exact) mass is 419 g/mol. The molecular weight excluding hydrogens is 394 g/mol. The van der Waals surface area contributed by atoms with Crippen LogP contribution in [-0.2, 0) is 22.6 Å². The van der Waals surface area contributed by atoms with Gasteiger partial charge in [0.1, 0.15) is 0 Å². The van der Waals surface area contributed by atoms with Crippen LogP contribution in [0.25, 0.3) is 10.8 Å². The van der Waals surface area contributed by atoms with E-state index in [4.69, 9.17) is 0 Å². The van der Waals surface area contributed by atoms with Crippen LogP contribution in [0.3, 0.4) is 0 Å². The Labute approximate surface area is 179 Å². The minimum atomic E-state index is -0.258. The topological polar surface area (TPSA) is 98.4 Å². The quantitative estimate of drug-likeness (QED) is 0.619. The molecule has 160 valence electrons. The molecule has 1 aliphatic rings. The highest BCUT2D eigenvalue weighted by molar-refractivity contribution is 5.88. The van der Waals surface area contributed by atoms with Gasteiger partial charge in [0.2, 0.25) is 11.8 Å². The van der Waals surface area contributed by atoms with Gasteiger partial charge in [-0.05, 0) is 11.6 Å². The van der Waals surface area contributed by atoms with E-state index in [-0.39, 0.29) is 23.8 Å². The first kappa shape index (κ1) is 20.7. The van der Waals surface area contributed by atoms with E-state index < -0.39 is 0 Å². The maximum Gasteiger partial charge on any atom is 0.272 e. The fourth-order valence-electron chi connectivity index (χ4n) is 3.77. The van der Waals surface area contributed by atoms with Gasteiger partial charge in [-0.2, -0.15) is 5.10 Å². The Kier molecular flexibility index (Phi) is 6.37. The average Bonchev–Trinajstić information content (AvgIpc) is 2.81. The van der Waals surface area contributed by atoms with E-state index in [9.17, 15) is 14.4 Å². The summed E-state index contributed by atoms with van der Waals surface area (Å²) in [5.41, 5.74) is 1.38. The summed E-state index contributed by atoms with van der Waals surface area (Å²) in [6, 6.07) is 17.0. The lowest BCUT2D eigenvalue weighted by Crippen LogP contribution is -2.51. The summed E-state index contributed by atoms with van der Waals surface area (Å²) in [5, 5.41) is 10.7. The summed E-state index contributed by atoms with van der Waals surface area (Å²) in [4.78, 5) is 40.8. The van der Waals surface area contributed by atoms with Gasteiger partial charge in [0, 0.05) is 38.1 Å². The van der Waals surface area contributed by atoms with Crippen molar-refractivity contribution in [2.75, 3.05) is 32.7 Å². The first-order valence-electron chi connectivity index (χ1n) is 10.4. The van der Waals surface area contributed by atoms with Crippen LogP contribution in [0.15, 0.2) is 59.4 Å². The standard InChI is InChI=1S/C23H25N5O3/c29-21(24-15-17-6-2-1-3-7-17)16-27-10-12-28(13-11-27)22(30)14-20-18-8-4-5-9-19(18)23(31)26-25-20/h1-9H,10-16H2,(H,24,29)(H,26,31). The molecule has 3 aromatic rings. The number of benzene rings is 2. The second-order valence-electron chi connectivity index (χ2n) is 7.64. The van der Waals surface area contributed by atoms with Crippen molar-refractivity contribution in [2.24, 2.45) is 0 Å². The second kappa shape index (κ2) is 9.53. The van der Waals surface area contributed by atoms with Gasteiger partial charge in [-0.1, -0.05) is 48.5 Å². The van der Waals surface area contributed by atoms with Crippen LogP contribution in [0.2, 0.25) is 0 Å². The summed E-state index contributed by atoms with van der Waals surface area (Å²) in [7, 11) is 0. The van der Waals surface area contributed by atoms with Crippen molar-refractivity contribution < 1.29 is 9.59 Å². The summed E-state index contributed by atoms with van der Waals surface area (Å²) in [5.74, 6) is -0.0505. The highest BCUT2D eigenvalue weighted by atomic mass is 16.2. The van der Waals surface area contributed by atoms with E-state index in [0.717, 1.165) is 5.56 Å². The number of H-pyrrole nitrogens is 1. The molecule has 1 fully saturated rings. The molecule has 4 rings (SSSR count). The van der Waals surface area contributed by atoms with Crippen LogP contribution in [0.1, 0.15) is 11.3 Å². The van der Waals surface area contributed by atoms with Crippen molar-refractivity contribution in [1.82, 2.24) is 25.3 Å². The van der Waals surface area contributed by atoms with Crippen molar-refractivity contribution in [3.8, 4) is 0 Å². The van der Waals surface area contributed by atoms with Crippen molar-refractivity contribution in [2.45, 2.75) is 13.0 Å². The Morgan fingerprint density at radius 1 is 0.935 bits per heavy atom. The number of aromatic amines is 1. The molecule has 0 spiro atoms. The molecular formula is C23H25N5O3. The summed E-state index contributed by atoms with van der Waals surface area (Å²) in [6.07, 6.45) is 0.134. The maximum absolute atomic E-state index is 12.8. The molecule has 0 saturated carbocycles. The third-order valence-corrected chi connectivity index (χ3v) is 5.52. The van der Waals surface area contributed by atoms with Crippen LogP contribution in [-0.4, -0.2) is 64.5 Å². The molecule has 0 unspecified atom stereocenters. The minimum absolute atomic E-state index is 0.0208. The molecule has 1 aliphatic heterocycles. The molecule has 1 saturated heterocycles. The summed E-state index contributed by atoms with van der Waals surface area (Å²) in [6.45, 7) is 3.24. The lowest BCUT2D eigenvalue weighted by molar-refractivity contribution is -0.132. The van der Waals surface area contributed by atoms with Gasteiger partial charge in [-0.3, -0.25) is 19.3 Å². The smallest absolute Gasteiger partial charge is 0.272 e. The van der Waals surface area contributed by atoms with Gasteiger partial charge in [0.15, 0.2) is 0 Å². The van der Waals surface area contributed by atoms with Crippen LogP contribution in [0.4, 0.5) is 0 Å². The molecule has 2 amide bonds. The average molecular weight is 419 g/mol. The van der Waals surface area contributed by atoms with Gasteiger partial charge in [-0.15, -0.1) is 0 Å². The molecule has 2 aromatic carbocycles. The fraction of sp³-hybridized carbons (Fsp3) is 0.304. The molecule has 2 N–H and O–H groups in total. The Balaban J connectivity index is 1.27. The zero-order valence-electron chi connectivity index (χ0n) is 17.2. The summed E-state index contributed by atoms with van der Waals surface area (Å²) >= 11 is 0. The van der Waals surface area contributed by atoms with Gasteiger partial charge >= 0.3 is 0 Å². The van der Waals surface area contributed by atoms with Crippen LogP contribution in [0.5, 0.6) is 0 Å². The van der Waals surface area contributed by atoms with E-state index in [0.29, 0.717) is 55.7 Å². The van der Waals surface area contributed by atoms with E-state index in [1.54, 1.807) is 17.0 Å². The van der Waals surface area contributed by atoms with Gasteiger partial charge < -0.3 is 10.2 Å². The number of aromatic nitrogens is 2. The predicted molar refractivity (Wildman–Crippen MR) is 117 cm³/mol. The number of nitrogens with one attached hydrogen (secondary N) is 2. The van der Waals surface area contributed by atoms with Crippen molar-refractivity contribution in [3.05, 3.63) is 76.2 Å². The maximum atomic E-state index is 12.8. The number of nitrogens with zero attached hydrogens (tertiary/aromatic N) is 3. The lowest BCUT2D eigenvalue weighted by Gasteiger charge is -2.34. The number of carbonyl (C=O) groups excluding carboxylic acids is 2. The SMILES string of the molecule is O=C(CN1CCN(C(=O)Cc2n[nH]c(=O)c3ccccc23)CC1)NCc1ccccc1. The Hall–Kier alpha value is -3.52. The van der Waals surface area contributed by atoms with E-state index in [1.807, 2.05) is 42.5 Å². The first-order valence-corrected chi connectivity index (χ1v) is 10.4. The number of carbonyl (C=O) groups is 2. The number of piperazine rings is 1. The Bertz CT molecular complexity index is 1120. The Morgan fingerprint density at radius 3 is 2.35 bits per heavy atom. The molecule has 0 radical (unpaired) electrons. The van der Waals surface area contributed by atoms with Crippen LogP contribution in [0, 0.1) is 0 Å². The molecule has 0 aliphatic carbocycles. The van der Waals surface area contributed by atoms with Crippen molar-refractivity contribution in [1.29, 1.82) is 0 Å². The fourth-order valence-corrected chi connectivity index (χ4v) is 3.77. The third-order valence-electron chi connectivity index (χ3n) is 5.52. The molecule has 31 heavy (non-hydrogen) atoms. The van der Waals surface area contributed by atoms with E-state index >= 15 is 0 Å². The zero-order valence-corrected chi connectivity index (χ0v) is 17.2. The molecule has 0 bridgehead atoms. The first-order chi connectivity index (χ1) is 15.1. The molecule has 0 atom stereocenters. The number of hydrogen-bond donors (Lipinski definition) is 2. The highest BCUT2D eigenvalue weighted by Crippen LogP contribution is 2.14. The van der Waals surface area contributed by atoms with Crippen LogP contribution < -0.4 is 10.9 Å². The van der Waals surface area contributed by atoms with Gasteiger partial charge in [0.05, 0.1) is 24.0 Å². The molecule has 2 heterocycles. The van der Waals surface area contributed by atoms with Crippen LogP contribution >= 0.6 is 0 Å². The normalized spacial score (nSPS) is 14.5. The third kappa shape index (κ3) is 5.16. The van der Waals surface area contributed by atoms with Crippen molar-refractivity contribution in [3.63, 3.8) is 0 Å². The largest absolute Gasteiger partial charge is 0.351 e. The zero-order chi connectivity index (χ0) is 21.6. The lowest BCUT2D eigenvalue weighted by atomic mass is 10.1. The number of hydrogen-bond acceptors (Lipinski definition) is 5. The number of fused-ring (bicyclic) bond motifs is 1. The number of rotatable bonds is 6. The minimum Gasteiger partial charge on any atom is -0.351 e. The predicted octanol–water partition coefficient (Wildman–Crippen LogP) is 0.926. The molecule has 1 aromatic heterocycles. The highest BCUT2D eigenvalue weighted by Gasteiger charge is 2.23. The van der Waals surface area contributed by atoms with Gasteiger partial charge in [0.25, 0.3) is 5.56 Å². The van der Waals surface area contributed by atoms with Crippen molar-refractivity contribution >= 4 is 22.6 Å². The molecule has 8 nitrogen and oxygen atoms in total. The summed E-state index contributed by atoms with van der Waals surface area (Å²) < 4.78 is 0. The van der Waals surface area contributed by atoms with Gasteiger partial charge in [-0.25, -0.2) is 5.10 Å². The number of amides is 2. The Morgan fingerprint density at radius 2 is 1.61 bits per heavy atom. The van der Waals surface area contributed by atoms with E-state index in [1.165, 1.54) is 0 Å². The van der Waals surface area contributed by atoms with E-state index in [2.05, 4.69) is 20.4 Å².